The van der Waals surface area contributed by atoms with E-state index in [9.17, 15) is 18.0 Å². The number of halogens is 3. The Hall–Kier alpha value is -1.68. The smallest absolute Gasteiger partial charge is 0.381 e. The highest BCUT2D eigenvalue weighted by atomic mass is 19.4. The number of alkyl halides is 3. The third-order valence-corrected chi connectivity index (χ3v) is 5.12. The summed E-state index contributed by atoms with van der Waals surface area (Å²) >= 11 is 0. The Morgan fingerprint density at radius 1 is 1.37 bits per heavy atom. The average Bonchev–Trinajstić information content (AvgIpc) is 3.23. The number of amides is 1. The number of rotatable bonds is 5. The van der Waals surface area contributed by atoms with E-state index < -0.39 is 24.2 Å². The van der Waals surface area contributed by atoms with Gasteiger partial charge in [-0.3, -0.25) is 9.69 Å². The molecule has 3 heterocycles. The Bertz CT molecular complexity index is 656. The van der Waals surface area contributed by atoms with Gasteiger partial charge in [0.25, 0.3) is 5.89 Å². The first-order valence-electron chi connectivity index (χ1n) is 9.21. The Morgan fingerprint density at radius 2 is 2.07 bits per heavy atom. The lowest BCUT2D eigenvalue weighted by Crippen LogP contribution is -2.51. The van der Waals surface area contributed by atoms with Crippen LogP contribution in [0.1, 0.15) is 50.7 Å². The summed E-state index contributed by atoms with van der Waals surface area (Å²) < 4.78 is 48.6. The highest BCUT2D eigenvalue weighted by Gasteiger charge is 2.44. The molecule has 2 aliphatic heterocycles. The predicted molar refractivity (Wildman–Crippen MR) is 88.9 cm³/mol. The fourth-order valence-corrected chi connectivity index (χ4v) is 3.56. The molecule has 7 nitrogen and oxygen atoms in total. The van der Waals surface area contributed by atoms with E-state index in [0.29, 0.717) is 44.2 Å². The summed E-state index contributed by atoms with van der Waals surface area (Å²) in [6.07, 6.45) is -2.89. The topological polar surface area (TPSA) is 80.5 Å². The molecule has 27 heavy (non-hydrogen) atoms. The summed E-state index contributed by atoms with van der Waals surface area (Å²) in [6.45, 7) is 4.12. The highest BCUT2D eigenvalue weighted by Crippen LogP contribution is 2.33. The normalized spacial score (nSPS) is 23.7. The number of aromatic nitrogens is 2. The Kier molecular flexibility index (Phi) is 5.76. The minimum absolute atomic E-state index is 0.0841. The Balaban J connectivity index is 1.70. The Labute approximate surface area is 155 Å². The second-order valence-corrected chi connectivity index (χ2v) is 7.63. The van der Waals surface area contributed by atoms with E-state index in [1.54, 1.807) is 0 Å². The van der Waals surface area contributed by atoms with Gasteiger partial charge >= 0.3 is 6.18 Å². The number of hydrogen-bond acceptors (Lipinski definition) is 6. The third kappa shape index (κ3) is 4.78. The molecule has 1 atom stereocenters. The summed E-state index contributed by atoms with van der Waals surface area (Å²) in [7, 11) is 0. The first-order valence-corrected chi connectivity index (χ1v) is 9.21. The summed E-state index contributed by atoms with van der Waals surface area (Å²) in [5.74, 6) is 0.224. The number of likely N-dealkylation sites (tertiary alicyclic amines) is 1. The number of carbonyl (C=O) groups excluding carboxylic acids is 1. The molecular formula is C17H25F3N4O3. The molecule has 0 bridgehead atoms. The van der Waals surface area contributed by atoms with Crippen molar-refractivity contribution in [3.63, 3.8) is 0 Å². The zero-order chi connectivity index (χ0) is 19.7. The minimum Gasteiger partial charge on any atom is -0.381 e. The molecule has 152 valence electrons. The maximum Gasteiger partial charge on any atom is 0.401 e. The lowest BCUT2D eigenvalue weighted by atomic mass is 9.88. The van der Waals surface area contributed by atoms with E-state index in [1.165, 1.54) is 4.90 Å². The summed E-state index contributed by atoms with van der Waals surface area (Å²) in [4.78, 5) is 18.5. The lowest BCUT2D eigenvalue weighted by molar-refractivity contribution is -0.145. The zero-order valence-corrected chi connectivity index (χ0v) is 15.5. The molecule has 0 radical (unpaired) electrons. The molecule has 2 saturated heterocycles. The van der Waals surface area contributed by atoms with Crippen molar-refractivity contribution >= 4 is 5.91 Å². The largest absolute Gasteiger partial charge is 0.401 e. The van der Waals surface area contributed by atoms with Crippen LogP contribution in [0.2, 0.25) is 0 Å². The SMILES string of the molecule is CC(C)c1noc(C2(NC(=O)[C@H]3CCN(CC(F)(F)F)C3)CCOCC2)n1. The van der Waals surface area contributed by atoms with Gasteiger partial charge < -0.3 is 14.6 Å². The van der Waals surface area contributed by atoms with Crippen LogP contribution in [0.25, 0.3) is 0 Å². The number of ether oxygens (including phenoxy) is 1. The maximum atomic E-state index is 12.8. The predicted octanol–water partition coefficient (Wildman–Crippen LogP) is 2.20. The molecule has 0 spiro atoms. The first kappa shape index (κ1) is 20.1. The van der Waals surface area contributed by atoms with Gasteiger partial charge in [-0.15, -0.1) is 0 Å². The van der Waals surface area contributed by atoms with Gasteiger partial charge in [0.1, 0.15) is 5.54 Å². The van der Waals surface area contributed by atoms with Gasteiger partial charge in [0.2, 0.25) is 5.91 Å². The monoisotopic (exact) mass is 390 g/mol. The fourth-order valence-electron chi connectivity index (χ4n) is 3.56. The van der Waals surface area contributed by atoms with Gasteiger partial charge in [-0.25, -0.2) is 0 Å². The van der Waals surface area contributed by atoms with Crippen molar-refractivity contribution in [1.29, 1.82) is 0 Å². The second-order valence-electron chi connectivity index (χ2n) is 7.63. The van der Waals surface area contributed by atoms with Crippen LogP contribution < -0.4 is 5.32 Å². The van der Waals surface area contributed by atoms with Gasteiger partial charge in [0, 0.05) is 38.5 Å². The fraction of sp³-hybridized carbons (Fsp3) is 0.824. The van der Waals surface area contributed by atoms with E-state index in [1.807, 2.05) is 13.8 Å². The van der Waals surface area contributed by atoms with E-state index in [-0.39, 0.29) is 24.9 Å². The van der Waals surface area contributed by atoms with Crippen molar-refractivity contribution < 1.29 is 27.2 Å². The maximum absolute atomic E-state index is 12.8. The highest BCUT2D eigenvalue weighted by molar-refractivity contribution is 5.80. The molecule has 2 fully saturated rings. The molecule has 0 saturated carbocycles. The van der Waals surface area contributed by atoms with Crippen LogP contribution in [0, 0.1) is 5.92 Å². The van der Waals surface area contributed by atoms with E-state index in [0.717, 1.165) is 0 Å². The second kappa shape index (κ2) is 7.75. The zero-order valence-electron chi connectivity index (χ0n) is 15.5. The van der Waals surface area contributed by atoms with Gasteiger partial charge in [-0.2, -0.15) is 18.2 Å². The summed E-state index contributed by atoms with van der Waals surface area (Å²) in [6, 6.07) is 0. The molecule has 0 unspecified atom stereocenters. The van der Waals surface area contributed by atoms with Gasteiger partial charge in [0.15, 0.2) is 5.82 Å². The van der Waals surface area contributed by atoms with Crippen molar-refractivity contribution in [3.8, 4) is 0 Å². The van der Waals surface area contributed by atoms with Crippen molar-refractivity contribution in [2.75, 3.05) is 32.8 Å². The summed E-state index contributed by atoms with van der Waals surface area (Å²) in [5.41, 5.74) is -0.826. The minimum atomic E-state index is -4.26. The Morgan fingerprint density at radius 3 is 2.67 bits per heavy atom. The van der Waals surface area contributed by atoms with Gasteiger partial charge in [-0.1, -0.05) is 19.0 Å². The lowest BCUT2D eigenvalue weighted by Gasteiger charge is -2.35. The van der Waals surface area contributed by atoms with Crippen molar-refractivity contribution in [1.82, 2.24) is 20.4 Å². The van der Waals surface area contributed by atoms with Crippen LogP contribution in [0.4, 0.5) is 13.2 Å². The number of hydrogen-bond donors (Lipinski definition) is 1. The molecule has 1 N–H and O–H groups in total. The van der Waals surface area contributed by atoms with Gasteiger partial charge in [-0.05, 0) is 13.0 Å². The molecule has 3 rings (SSSR count). The summed E-state index contributed by atoms with van der Waals surface area (Å²) in [5, 5.41) is 6.98. The van der Waals surface area contributed by atoms with Crippen LogP contribution in [0.5, 0.6) is 0 Å². The van der Waals surface area contributed by atoms with E-state index in [2.05, 4.69) is 15.5 Å². The molecule has 0 aliphatic carbocycles. The molecule has 1 aromatic heterocycles. The number of nitrogens with one attached hydrogen (secondary N) is 1. The average molecular weight is 390 g/mol. The van der Waals surface area contributed by atoms with Crippen molar-refractivity contribution in [2.24, 2.45) is 5.92 Å². The first-order chi connectivity index (χ1) is 12.7. The molecule has 2 aliphatic rings. The standard InChI is InChI=1S/C17H25F3N4O3/c1-11(2)13-21-15(27-23-13)16(4-7-26-8-5-16)22-14(25)12-3-6-24(9-12)10-17(18,19)20/h11-12H,3-10H2,1-2H3,(H,22,25)/t12-/m0/s1. The van der Waals surface area contributed by atoms with E-state index >= 15 is 0 Å². The third-order valence-electron chi connectivity index (χ3n) is 5.12. The van der Waals surface area contributed by atoms with Crippen LogP contribution in [-0.4, -0.2) is 60.0 Å². The molecular weight excluding hydrogens is 365 g/mol. The van der Waals surface area contributed by atoms with Crippen LogP contribution in [-0.2, 0) is 15.1 Å². The van der Waals surface area contributed by atoms with Gasteiger partial charge in [0.05, 0.1) is 12.5 Å². The quantitative estimate of drug-likeness (QED) is 0.830. The van der Waals surface area contributed by atoms with Crippen LogP contribution >= 0.6 is 0 Å². The number of nitrogens with zero attached hydrogens (tertiary/aromatic N) is 3. The molecule has 1 aromatic rings. The van der Waals surface area contributed by atoms with Crippen molar-refractivity contribution in [3.05, 3.63) is 11.7 Å². The van der Waals surface area contributed by atoms with Crippen LogP contribution in [0.3, 0.4) is 0 Å². The molecule has 1 amide bonds. The van der Waals surface area contributed by atoms with E-state index in [4.69, 9.17) is 9.26 Å². The number of carbonyl (C=O) groups is 1. The van der Waals surface area contributed by atoms with Crippen molar-refractivity contribution in [2.45, 2.75) is 50.7 Å². The molecule has 10 heteroatoms. The van der Waals surface area contributed by atoms with Crippen LogP contribution in [0.15, 0.2) is 4.52 Å². The molecule has 0 aromatic carbocycles.